The molecule has 5 nitrogen and oxygen atoms in total. The van der Waals surface area contributed by atoms with E-state index in [1.165, 1.54) is 6.42 Å². The van der Waals surface area contributed by atoms with E-state index in [-0.39, 0.29) is 11.5 Å². The Hall–Kier alpha value is -0.940. The minimum absolute atomic E-state index is 0.267. The number of nitrogens with zero attached hydrogens (tertiary/aromatic N) is 2. The maximum absolute atomic E-state index is 6.38. The van der Waals surface area contributed by atoms with Crippen LogP contribution in [0.15, 0.2) is 4.52 Å². The molecular formula is C12H19N3O2. The molecule has 1 aromatic rings. The van der Waals surface area contributed by atoms with Crippen LogP contribution in [0.3, 0.4) is 0 Å². The van der Waals surface area contributed by atoms with Crippen LogP contribution in [0.25, 0.3) is 0 Å². The van der Waals surface area contributed by atoms with Crippen molar-refractivity contribution in [2.75, 3.05) is 13.2 Å². The summed E-state index contributed by atoms with van der Waals surface area (Å²) in [6, 6.07) is 0. The Balaban J connectivity index is 1.78. The van der Waals surface area contributed by atoms with E-state index < -0.39 is 0 Å². The van der Waals surface area contributed by atoms with Crippen molar-refractivity contribution < 1.29 is 9.26 Å². The van der Waals surface area contributed by atoms with E-state index in [4.69, 9.17) is 15.0 Å². The van der Waals surface area contributed by atoms with E-state index in [1.54, 1.807) is 0 Å². The Bertz CT molecular complexity index is 379. The average Bonchev–Trinajstić information content (AvgIpc) is 3.01. The van der Waals surface area contributed by atoms with Gasteiger partial charge in [0.05, 0.1) is 18.1 Å². The van der Waals surface area contributed by atoms with Gasteiger partial charge in [0.1, 0.15) is 0 Å². The van der Waals surface area contributed by atoms with Crippen LogP contribution >= 0.6 is 0 Å². The van der Waals surface area contributed by atoms with Gasteiger partial charge >= 0.3 is 0 Å². The second kappa shape index (κ2) is 4.38. The topological polar surface area (TPSA) is 74.2 Å². The second-order valence-corrected chi connectivity index (χ2v) is 5.23. The highest BCUT2D eigenvalue weighted by Crippen LogP contribution is 2.34. The fraction of sp³-hybridized carbons (Fsp3) is 0.833. The number of hydrogen-bond acceptors (Lipinski definition) is 5. The van der Waals surface area contributed by atoms with Crippen LogP contribution in [0.1, 0.15) is 56.2 Å². The van der Waals surface area contributed by atoms with E-state index >= 15 is 0 Å². The highest BCUT2D eigenvalue weighted by atomic mass is 16.5. The molecule has 2 fully saturated rings. The molecule has 1 aliphatic carbocycles. The van der Waals surface area contributed by atoms with Crippen LogP contribution in [0.5, 0.6) is 0 Å². The summed E-state index contributed by atoms with van der Waals surface area (Å²) in [5.74, 6) is 1.66. The molecule has 0 amide bonds. The van der Waals surface area contributed by atoms with Gasteiger partial charge in [0, 0.05) is 6.61 Å². The Morgan fingerprint density at radius 1 is 1.24 bits per heavy atom. The summed E-state index contributed by atoms with van der Waals surface area (Å²) < 4.78 is 10.7. The van der Waals surface area contributed by atoms with Gasteiger partial charge in [-0.05, 0) is 19.3 Å². The lowest BCUT2D eigenvalue weighted by Crippen LogP contribution is -2.39. The van der Waals surface area contributed by atoms with Crippen molar-refractivity contribution in [1.82, 2.24) is 10.1 Å². The third-order valence-corrected chi connectivity index (χ3v) is 3.91. The Morgan fingerprint density at radius 2 is 2.06 bits per heavy atom. The monoisotopic (exact) mass is 237 g/mol. The third-order valence-electron chi connectivity index (χ3n) is 3.91. The molecule has 2 heterocycles. The van der Waals surface area contributed by atoms with Crippen molar-refractivity contribution in [1.29, 1.82) is 0 Å². The highest BCUT2D eigenvalue weighted by molar-refractivity contribution is 5.07. The first-order chi connectivity index (χ1) is 8.28. The fourth-order valence-corrected chi connectivity index (χ4v) is 2.74. The van der Waals surface area contributed by atoms with Crippen LogP contribution in [-0.4, -0.2) is 23.4 Å². The molecule has 94 valence electrons. The van der Waals surface area contributed by atoms with Crippen molar-refractivity contribution in [2.24, 2.45) is 5.73 Å². The number of hydrogen-bond donors (Lipinski definition) is 1. The van der Waals surface area contributed by atoms with Crippen molar-refractivity contribution in [3.8, 4) is 0 Å². The van der Waals surface area contributed by atoms with Crippen LogP contribution in [0.2, 0.25) is 0 Å². The Morgan fingerprint density at radius 3 is 2.76 bits per heavy atom. The van der Waals surface area contributed by atoms with E-state index in [1.807, 2.05) is 0 Å². The van der Waals surface area contributed by atoms with Crippen LogP contribution < -0.4 is 5.73 Å². The molecule has 17 heavy (non-hydrogen) atoms. The van der Waals surface area contributed by atoms with Gasteiger partial charge in [-0.25, -0.2) is 0 Å². The zero-order chi connectivity index (χ0) is 11.7. The number of ether oxygens (including phenoxy) is 1. The summed E-state index contributed by atoms with van der Waals surface area (Å²) in [4.78, 5) is 4.50. The summed E-state index contributed by atoms with van der Waals surface area (Å²) in [5, 5.41) is 4.09. The van der Waals surface area contributed by atoms with Gasteiger partial charge < -0.3 is 15.0 Å². The third kappa shape index (κ3) is 2.09. The van der Waals surface area contributed by atoms with Crippen molar-refractivity contribution in [2.45, 2.75) is 50.0 Å². The zero-order valence-electron chi connectivity index (χ0n) is 10.0. The van der Waals surface area contributed by atoms with Crippen molar-refractivity contribution >= 4 is 0 Å². The molecule has 1 aliphatic heterocycles. The Labute approximate surface area is 101 Å². The lowest BCUT2D eigenvalue weighted by molar-refractivity contribution is 0.189. The standard InChI is InChI=1S/C12H19N3O2/c13-12(5-2-1-3-6-12)11-14-10(17-15-11)9-4-7-16-8-9/h9H,1-8,13H2. The van der Waals surface area contributed by atoms with Gasteiger partial charge in [0.25, 0.3) is 0 Å². The lowest BCUT2D eigenvalue weighted by atomic mass is 9.82. The van der Waals surface area contributed by atoms with Crippen LogP contribution in [-0.2, 0) is 10.3 Å². The first kappa shape index (κ1) is 11.2. The fourth-order valence-electron chi connectivity index (χ4n) is 2.74. The predicted molar refractivity (Wildman–Crippen MR) is 61.4 cm³/mol. The van der Waals surface area contributed by atoms with Gasteiger partial charge in [-0.1, -0.05) is 24.4 Å². The molecule has 3 rings (SSSR count). The minimum Gasteiger partial charge on any atom is -0.381 e. The molecule has 0 aromatic carbocycles. The summed E-state index contributed by atoms with van der Waals surface area (Å²) in [5.41, 5.74) is 6.01. The normalized spacial score (nSPS) is 28.4. The van der Waals surface area contributed by atoms with Gasteiger partial charge in [0.15, 0.2) is 5.82 Å². The predicted octanol–water partition coefficient (Wildman–Crippen LogP) is 1.69. The van der Waals surface area contributed by atoms with Crippen LogP contribution in [0.4, 0.5) is 0 Å². The summed E-state index contributed by atoms with van der Waals surface area (Å²) in [6.07, 6.45) is 6.49. The number of rotatable bonds is 2. The highest BCUT2D eigenvalue weighted by Gasteiger charge is 2.35. The molecular weight excluding hydrogens is 218 g/mol. The second-order valence-electron chi connectivity index (χ2n) is 5.23. The Kier molecular flexibility index (Phi) is 2.88. The molecule has 1 aromatic heterocycles. The quantitative estimate of drug-likeness (QED) is 0.847. The molecule has 0 bridgehead atoms. The smallest absolute Gasteiger partial charge is 0.232 e. The molecule has 1 saturated heterocycles. The first-order valence-electron chi connectivity index (χ1n) is 6.49. The SMILES string of the molecule is NC1(c2noc(C3CCOC3)n2)CCCCC1. The maximum Gasteiger partial charge on any atom is 0.232 e. The van der Waals surface area contributed by atoms with Gasteiger partial charge in [-0.3, -0.25) is 0 Å². The molecule has 1 unspecified atom stereocenters. The molecule has 2 aliphatic rings. The summed E-state index contributed by atoms with van der Waals surface area (Å²) >= 11 is 0. The molecule has 2 N–H and O–H groups in total. The summed E-state index contributed by atoms with van der Waals surface area (Å²) in [6.45, 7) is 1.48. The van der Waals surface area contributed by atoms with E-state index in [2.05, 4.69) is 10.1 Å². The summed E-state index contributed by atoms with van der Waals surface area (Å²) in [7, 11) is 0. The van der Waals surface area contributed by atoms with Crippen molar-refractivity contribution in [3.05, 3.63) is 11.7 Å². The molecule has 0 radical (unpaired) electrons. The maximum atomic E-state index is 6.38. The largest absolute Gasteiger partial charge is 0.381 e. The van der Waals surface area contributed by atoms with Crippen LogP contribution in [0, 0.1) is 0 Å². The van der Waals surface area contributed by atoms with Gasteiger partial charge in [0.2, 0.25) is 5.89 Å². The minimum atomic E-state index is -0.362. The average molecular weight is 237 g/mol. The van der Waals surface area contributed by atoms with Gasteiger partial charge in [-0.2, -0.15) is 4.98 Å². The lowest BCUT2D eigenvalue weighted by Gasteiger charge is -2.29. The van der Waals surface area contributed by atoms with E-state index in [9.17, 15) is 0 Å². The molecule has 1 atom stereocenters. The van der Waals surface area contributed by atoms with Gasteiger partial charge in [-0.15, -0.1) is 0 Å². The molecule has 1 saturated carbocycles. The van der Waals surface area contributed by atoms with Crippen molar-refractivity contribution in [3.63, 3.8) is 0 Å². The molecule has 5 heteroatoms. The number of nitrogens with two attached hydrogens (primary N) is 1. The first-order valence-corrected chi connectivity index (χ1v) is 6.49. The van der Waals surface area contributed by atoms with E-state index in [0.717, 1.165) is 38.7 Å². The van der Waals surface area contributed by atoms with E-state index in [0.29, 0.717) is 18.3 Å². The zero-order valence-corrected chi connectivity index (χ0v) is 10.0. The molecule has 0 spiro atoms. The number of aromatic nitrogens is 2.